The third-order valence-electron chi connectivity index (χ3n) is 11.7. The third kappa shape index (κ3) is 23.6. The molecule has 0 aromatic carbocycles. The normalized spacial score (nSPS) is 16.9. The SMILES string of the molecule is CC(C)=CCCC(C)=CCCC(C)=CCCC(C)=CCCC(C)=CCCC(C)=CCCC(C)=CCCC(C)=CCCC(C)(O)CCC1=C(C)C(=O)C(C)=C(C)C1=O. The fourth-order valence-corrected chi connectivity index (χ4v) is 7.19. The molecular weight excluding hydrogens is 697 g/mol. The number of hydrogen-bond donors (Lipinski definition) is 1. The summed E-state index contributed by atoms with van der Waals surface area (Å²) in [5.41, 5.74) is 13.0. The highest BCUT2D eigenvalue weighted by Gasteiger charge is 2.29. The first-order valence-corrected chi connectivity index (χ1v) is 22.2. The summed E-state index contributed by atoms with van der Waals surface area (Å²) in [5.74, 6) is -0.0927. The van der Waals surface area contributed by atoms with E-state index in [-0.39, 0.29) is 11.6 Å². The van der Waals surface area contributed by atoms with Crippen LogP contribution in [0, 0.1) is 0 Å². The molecule has 0 fully saturated rings. The van der Waals surface area contributed by atoms with Crippen molar-refractivity contribution in [2.24, 2.45) is 0 Å². The van der Waals surface area contributed by atoms with Crippen molar-refractivity contribution in [3.63, 3.8) is 0 Å². The number of Topliss-reactive ketones (excluding diaryl/α,β-unsaturated/α-hetero) is 2. The summed E-state index contributed by atoms with van der Waals surface area (Å²) >= 11 is 0. The van der Waals surface area contributed by atoms with Crippen LogP contribution in [0.25, 0.3) is 0 Å². The van der Waals surface area contributed by atoms with Gasteiger partial charge in [0.25, 0.3) is 0 Å². The van der Waals surface area contributed by atoms with Crippen LogP contribution in [0.3, 0.4) is 0 Å². The van der Waals surface area contributed by atoms with E-state index in [1.807, 2.05) is 6.92 Å². The van der Waals surface area contributed by atoms with Crippen molar-refractivity contribution in [2.45, 2.75) is 211 Å². The van der Waals surface area contributed by atoms with Crippen molar-refractivity contribution in [1.29, 1.82) is 0 Å². The third-order valence-corrected chi connectivity index (χ3v) is 11.7. The van der Waals surface area contributed by atoms with Crippen LogP contribution in [0.5, 0.6) is 0 Å². The van der Waals surface area contributed by atoms with Crippen LogP contribution >= 0.6 is 0 Å². The van der Waals surface area contributed by atoms with Gasteiger partial charge in [0.2, 0.25) is 0 Å². The highest BCUT2D eigenvalue weighted by atomic mass is 16.3. The van der Waals surface area contributed by atoms with E-state index in [2.05, 4.69) is 111 Å². The summed E-state index contributed by atoms with van der Waals surface area (Å²) in [4.78, 5) is 25.2. The Hall–Kier alpha value is -3.30. The molecule has 0 aromatic heterocycles. The van der Waals surface area contributed by atoms with Crippen molar-refractivity contribution < 1.29 is 14.7 Å². The lowest BCUT2D eigenvalue weighted by molar-refractivity contribution is -0.116. The topological polar surface area (TPSA) is 54.4 Å². The van der Waals surface area contributed by atoms with Crippen molar-refractivity contribution in [3.8, 4) is 0 Å². The van der Waals surface area contributed by atoms with Crippen molar-refractivity contribution in [1.82, 2.24) is 0 Å². The van der Waals surface area contributed by atoms with Gasteiger partial charge in [-0.2, -0.15) is 0 Å². The second kappa shape index (κ2) is 28.2. The molecule has 0 radical (unpaired) electrons. The van der Waals surface area contributed by atoms with Gasteiger partial charge in [-0.05, 0) is 206 Å². The van der Waals surface area contributed by atoms with Crippen molar-refractivity contribution >= 4 is 11.6 Å². The monoisotopic (exact) mass is 781 g/mol. The molecule has 1 N–H and O–H groups in total. The summed E-state index contributed by atoms with van der Waals surface area (Å²) in [6, 6.07) is 0. The van der Waals surface area contributed by atoms with Gasteiger partial charge >= 0.3 is 0 Å². The summed E-state index contributed by atoms with van der Waals surface area (Å²) in [7, 11) is 0. The van der Waals surface area contributed by atoms with E-state index in [4.69, 9.17) is 0 Å². The lowest BCUT2D eigenvalue weighted by Gasteiger charge is -2.25. The number of ketones is 2. The van der Waals surface area contributed by atoms with Crippen LogP contribution in [0.1, 0.15) is 206 Å². The summed E-state index contributed by atoms with van der Waals surface area (Å²) in [6.45, 7) is 27.2. The average molecular weight is 781 g/mol. The Morgan fingerprint density at radius 1 is 0.421 bits per heavy atom. The zero-order valence-electron chi connectivity index (χ0n) is 39.1. The molecule has 1 atom stereocenters. The summed E-state index contributed by atoms with van der Waals surface area (Å²) in [6.07, 6.45) is 37.2. The first kappa shape index (κ1) is 51.7. The smallest absolute Gasteiger partial charge is 0.185 e. The van der Waals surface area contributed by atoms with Gasteiger partial charge in [0.15, 0.2) is 11.6 Å². The maximum Gasteiger partial charge on any atom is 0.185 e. The van der Waals surface area contributed by atoms with Crippen LogP contribution in [0.4, 0.5) is 0 Å². The minimum Gasteiger partial charge on any atom is -0.390 e. The number of carbonyl (C=O) groups is 2. The van der Waals surface area contributed by atoms with Gasteiger partial charge in [-0.25, -0.2) is 0 Å². The molecule has 0 heterocycles. The van der Waals surface area contributed by atoms with E-state index in [0.29, 0.717) is 41.6 Å². The molecule has 1 aliphatic carbocycles. The van der Waals surface area contributed by atoms with Gasteiger partial charge in [0, 0.05) is 22.3 Å². The Labute approximate surface area is 351 Å². The van der Waals surface area contributed by atoms with E-state index in [9.17, 15) is 14.7 Å². The minimum absolute atomic E-state index is 0.0458. The Kier molecular flexibility index (Phi) is 25.6. The van der Waals surface area contributed by atoms with E-state index in [1.165, 1.54) is 57.4 Å². The first-order valence-electron chi connectivity index (χ1n) is 22.2. The lowest BCUT2D eigenvalue weighted by Crippen LogP contribution is -2.26. The van der Waals surface area contributed by atoms with Crippen LogP contribution in [0.15, 0.2) is 115 Å². The largest absolute Gasteiger partial charge is 0.390 e. The number of rotatable bonds is 27. The minimum atomic E-state index is -0.883. The molecule has 0 saturated carbocycles. The average Bonchev–Trinajstić information content (AvgIpc) is 3.13. The molecule has 3 nitrogen and oxygen atoms in total. The van der Waals surface area contributed by atoms with E-state index >= 15 is 0 Å². The van der Waals surface area contributed by atoms with Gasteiger partial charge in [0.05, 0.1) is 5.60 Å². The molecule has 0 saturated heterocycles. The Balaban J connectivity index is 2.30. The zero-order valence-corrected chi connectivity index (χ0v) is 39.1. The van der Waals surface area contributed by atoms with Crippen LogP contribution in [0.2, 0.25) is 0 Å². The molecular formula is C54H84O3. The zero-order chi connectivity index (χ0) is 43.0. The van der Waals surface area contributed by atoms with Gasteiger partial charge in [0.1, 0.15) is 0 Å². The highest BCUT2D eigenvalue weighted by Crippen LogP contribution is 2.30. The molecule has 0 spiro atoms. The predicted molar refractivity (Wildman–Crippen MR) is 251 cm³/mol. The fraction of sp³-hybridized carbons (Fsp3) is 0.593. The molecule has 1 unspecified atom stereocenters. The lowest BCUT2D eigenvalue weighted by atomic mass is 9.82. The molecule has 3 heteroatoms. The molecule has 57 heavy (non-hydrogen) atoms. The molecule has 0 aromatic rings. The standard InChI is InChI=1S/C54H84O3/c1-40(2)22-14-23-41(3)24-15-25-42(4)26-16-27-43(5)28-17-29-44(6)30-18-31-45(7)32-19-33-46(8)34-20-35-47(9)36-21-38-54(13,57)39-37-51-50(12)52(55)48(10)49(11)53(51)56/h22,24,26,28,30,32,34,36,57H,14-21,23,25,27,29,31,33,35,37-39H2,1-13H3. The Morgan fingerprint density at radius 3 is 1.02 bits per heavy atom. The Bertz CT molecular complexity index is 1630. The maximum absolute atomic E-state index is 12.7. The molecule has 0 bridgehead atoms. The predicted octanol–water partition coefficient (Wildman–Crippen LogP) is 16.2. The number of carbonyl (C=O) groups excluding carboxylic acids is 2. The molecule has 1 aliphatic rings. The van der Waals surface area contributed by atoms with Crippen LogP contribution in [-0.2, 0) is 9.59 Å². The van der Waals surface area contributed by atoms with E-state index in [0.717, 1.165) is 83.5 Å². The number of aliphatic hydroxyl groups is 1. The first-order chi connectivity index (χ1) is 26.8. The second-order valence-corrected chi connectivity index (χ2v) is 18.0. The van der Waals surface area contributed by atoms with E-state index in [1.54, 1.807) is 20.8 Å². The van der Waals surface area contributed by atoms with Gasteiger partial charge in [-0.15, -0.1) is 0 Å². The van der Waals surface area contributed by atoms with Crippen molar-refractivity contribution in [3.05, 3.63) is 115 Å². The molecule has 1 rings (SSSR count). The van der Waals surface area contributed by atoms with Crippen LogP contribution < -0.4 is 0 Å². The highest BCUT2D eigenvalue weighted by molar-refractivity contribution is 6.24. The quantitative estimate of drug-likeness (QED) is 0.0667. The van der Waals surface area contributed by atoms with Gasteiger partial charge in [-0.1, -0.05) is 93.2 Å². The second-order valence-electron chi connectivity index (χ2n) is 18.0. The summed E-state index contributed by atoms with van der Waals surface area (Å²) in [5, 5.41) is 11.0. The number of allylic oxidation sites excluding steroid dienone is 20. The molecule has 0 aliphatic heterocycles. The number of hydrogen-bond acceptors (Lipinski definition) is 3. The molecule has 0 amide bonds. The van der Waals surface area contributed by atoms with E-state index < -0.39 is 5.60 Å². The van der Waals surface area contributed by atoms with Gasteiger partial charge < -0.3 is 5.11 Å². The van der Waals surface area contributed by atoms with Crippen LogP contribution in [-0.4, -0.2) is 22.3 Å². The van der Waals surface area contributed by atoms with Crippen molar-refractivity contribution in [2.75, 3.05) is 0 Å². The Morgan fingerprint density at radius 2 is 0.702 bits per heavy atom. The molecule has 318 valence electrons. The maximum atomic E-state index is 12.7. The fourth-order valence-electron chi connectivity index (χ4n) is 7.19. The van der Waals surface area contributed by atoms with Gasteiger partial charge in [-0.3, -0.25) is 9.59 Å². The summed E-state index contributed by atoms with van der Waals surface area (Å²) < 4.78 is 0.